The van der Waals surface area contributed by atoms with Crippen molar-refractivity contribution >= 4 is 23.2 Å². The summed E-state index contributed by atoms with van der Waals surface area (Å²) in [6.07, 6.45) is 1.73. The lowest BCUT2D eigenvalue weighted by Crippen LogP contribution is -1.97. The zero-order valence-corrected chi connectivity index (χ0v) is 11.4. The van der Waals surface area contributed by atoms with Gasteiger partial charge in [0.2, 0.25) is 0 Å². The summed E-state index contributed by atoms with van der Waals surface area (Å²) < 4.78 is 0. The van der Waals surface area contributed by atoms with Gasteiger partial charge < -0.3 is 5.11 Å². The van der Waals surface area contributed by atoms with Gasteiger partial charge in [-0.1, -0.05) is 23.7 Å². The summed E-state index contributed by atoms with van der Waals surface area (Å²) in [6.45, 7) is 1.87. The molecule has 18 heavy (non-hydrogen) atoms. The molecule has 0 aliphatic heterocycles. The van der Waals surface area contributed by atoms with Crippen LogP contribution >= 0.6 is 23.2 Å². The first-order valence-corrected chi connectivity index (χ1v) is 6.41. The Morgan fingerprint density at radius 3 is 2.78 bits per heavy atom. The minimum atomic E-state index is -0.426. The number of hydrogen-bond acceptors (Lipinski definition) is 2. The van der Waals surface area contributed by atoms with Gasteiger partial charge in [-0.15, -0.1) is 11.6 Å². The van der Waals surface area contributed by atoms with Crippen LogP contribution in [0.25, 0.3) is 11.3 Å². The number of nitrogens with zero attached hydrogens (tertiary/aromatic N) is 1. The Balaban J connectivity index is 2.54. The highest BCUT2D eigenvalue weighted by Crippen LogP contribution is 2.32. The Labute approximate surface area is 116 Å². The Morgan fingerprint density at radius 1 is 1.33 bits per heavy atom. The summed E-state index contributed by atoms with van der Waals surface area (Å²) in [5, 5.41) is 9.29. The molecule has 1 unspecified atom stereocenters. The van der Waals surface area contributed by atoms with Gasteiger partial charge in [0.1, 0.15) is 0 Å². The molecule has 1 aromatic carbocycles. The van der Waals surface area contributed by atoms with E-state index in [0.29, 0.717) is 5.02 Å². The molecule has 0 aliphatic rings. The molecule has 1 aromatic heterocycles. The van der Waals surface area contributed by atoms with E-state index in [1.165, 1.54) is 0 Å². The van der Waals surface area contributed by atoms with Crippen LogP contribution in [0, 0.1) is 6.92 Å². The molecule has 0 fully saturated rings. The van der Waals surface area contributed by atoms with E-state index in [9.17, 15) is 0 Å². The van der Waals surface area contributed by atoms with E-state index in [4.69, 9.17) is 28.3 Å². The Hall–Kier alpha value is -1.09. The van der Waals surface area contributed by atoms with Crippen molar-refractivity contribution in [1.82, 2.24) is 4.98 Å². The lowest BCUT2D eigenvalue weighted by atomic mass is 10.0. The lowest BCUT2D eigenvalue weighted by Gasteiger charge is -2.11. The maximum Gasteiger partial charge on any atom is 0.0816 e. The molecule has 0 bridgehead atoms. The van der Waals surface area contributed by atoms with Crippen molar-refractivity contribution in [3.05, 3.63) is 52.7 Å². The number of aliphatic hydroxyl groups excluding tert-OH is 1. The quantitative estimate of drug-likeness (QED) is 0.864. The maximum atomic E-state index is 9.09. The monoisotopic (exact) mass is 281 g/mol. The predicted octanol–water partition coefficient (Wildman–Crippen LogP) is 3.98. The van der Waals surface area contributed by atoms with Gasteiger partial charge in [-0.2, -0.15) is 0 Å². The van der Waals surface area contributed by atoms with E-state index >= 15 is 0 Å². The largest absolute Gasteiger partial charge is 0.394 e. The zero-order valence-electron chi connectivity index (χ0n) is 9.90. The van der Waals surface area contributed by atoms with Crippen LogP contribution in [0.15, 0.2) is 36.5 Å². The second kappa shape index (κ2) is 5.70. The third-order valence-electron chi connectivity index (χ3n) is 2.78. The van der Waals surface area contributed by atoms with Gasteiger partial charge in [0, 0.05) is 16.8 Å². The molecule has 0 saturated heterocycles. The van der Waals surface area contributed by atoms with Crippen molar-refractivity contribution in [2.75, 3.05) is 6.61 Å². The van der Waals surface area contributed by atoms with Gasteiger partial charge in [-0.05, 0) is 36.2 Å². The topological polar surface area (TPSA) is 33.1 Å². The van der Waals surface area contributed by atoms with Gasteiger partial charge in [-0.3, -0.25) is 4.98 Å². The summed E-state index contributed by atoms with van der Waals surface area (Å²) in [6, 6.07) is 9.35. The highest BCUT2D eigenvalue weighted by atomic mass is 35.5. The van der Waals surface area contributed by atoms with Crippen molar-refractivity contribution in [2.24, 2.45) is 0 Å². The van der Waals surface area contributed by atoms with Crippen molar-refractivity contribution in [3.63, 3.8) is 0 Å². The van der Waals surface area contributed by atoms with Gasteiger partial charge in [0.05, 0.1) is 17.7 Å². The van der Waals surface area contributed by atoms with Crippen LogP contribution < -0.4 is 0 Å². The molecule has 2 nitrogen and oxygen atoms in total. The van der Waals surface area contributed by atoms with E-state index in [1.54, 1.807) is 12.3 Å². The molecule has 0 radical (unpaired) electrons. The average Bonchev–Trinajstić information content (AvgIpc) is 2.39. The van der Waals surface area contributed by atoms with Crippen LogP contribution in [-0.2, 0) is 0 Å². The standard InChI is InChI=1S/C14H13Cl2NO/c1-9-3-2-6-17-14(9)11-7-10(13(16)8-18)4-5-12(11)15/h2-7,13,18H,8H2,1H3. The highest BCUT2D eigenvalue weighted by molar-refractivity contribution is 6.33. The molecular formula is C14H13Cl2NO. The van der Waals surface area contributed by atoms with E-state index in [-0.39, 0.29) is 6.61 Å². The molecule has 1 heterocycles. The number of aliphatic hydroxyl groups is 1. The predicted molar refractivity (Wildman–Crippen MR) is 75.1 cm³/mol. The first-order chi connectivity index (χ1) is 8.63. The Kier molecular flexibility index (Phi) is 4.23. The number of pyridine rings is 1. The van der Waals surface area contributed by atoms with Crippen molar-refractivity contribution in [1.29, 1.82) is 0 Å². The average molecular weight is 282 g/mol. The molecule has 2 rings (SSSR count). The third kappa shape index (κ3) is 2.66. The SMILES string of the molecule is Cc1cccnc1-c1cc(C(Cl)CO)ccc1Cl. The number of rotatable bonds is 3. The summed E-state index contributed by atoms with van der Waals surface area (Å²) >= 11 is 12.2. The van der Waals surface area contributed by atoms with Crippen LogP contribution in [0.1, 0.15) is 16.5 Å². The summed E-state index contributed by atoms with van der Waals surface area (Å²) in [5.41, 5.74) is 3.56. The molecule has 0 saturated carbocycles. The van der Waals surface area contributed by atoms with Crippen LogP contribution in [0.4, 0.5) is 0 Å². The fraction of sp³-hybridized carbons (Fsp3) is 0.214. The molecule has 2 aromatic rings. The molecule has 0 amide bonds. The smallest absolute Gasteiger partial charge is 0.0816 e. The fourth-order valence-corrected chi connectivity index (χ4v) is 2.14. The lowest BCUT2D eigenvalue weighted by molar-refractivity contribution is 0.294. The summed E-state index contributed by atoms with van der Waals surface area (Å²) in [5.74, 6) is 0. The molecule has 1 atom stereocenters. The number of aryl methyl sites for hydroxylation is 1. The number of aromatic nitrogens is 1. The fourth-order valence-electron chi connectivity index (χ4n) is 1.79. The van der Waals surface area contributed by atoms with Crippen molar-refractivity contribution in [3.8, 4) is 11.3 Å². The third-order valence-corrected chi connectivity index (χ3v) is 3.50. The van der Waals surface area contributed by atoms with Crippen LogP contribution in [0.5, 0.6) is 0 Å². The minimum Gasteiger partial charge on any atom is -0.394 e. The highest BCUT2D eigenvalue weighted by Gasteiger charge is 2.12. The molecule has 1 N–H and O–H groups in total. The van der Waals surface area contributed by atoms with E-state index in [0.717, 1.165) is 22.4 Å². The van der Waals surface area contributed by atoms with E-state index < -0.39 is 5.38 Å². The van der Waals surface area contributed by atoms with Crippen LogP contribution in [-0.4, -0.2) is 16.7 Å². The van der Waals surface area contributed by atoms with Gasteiger partial charge >= 0.3 is 0 Å². The van der Waals surface area contributed by atoms with Crippen molar-refractivity contribution < 1.29 is 5.11 Å². The minimum absolute atomic E-state index is 0.107. The van der Waals surface area contributed by atoms with Crippen molar-refractivity contribution in [2.45, 2.75) is 12.3 Å². The second-order valence-electron chi connectivity index (χ2n) is 4.06. The van der Waals surface area contributed by atoms with E-state index in [1.807, 2.05) is 31.2 Å². The molecule has 94 valence electrons. The first kappa shape index (κ1) is 13.3. The Bertz CT molecular complexity index is 557. The maximum absolute atomic E-state index is 9.09. The van der Waals surface area contributed by atoms with Gasteiger partial charge in [-0.25, -0.2) is 0 Å². The second-order valence-corrected chi connectivity index (χ2v) is 4.99. The summed E-state index contributed by atoms with van der Waals surface area (Å²) in [7, 11) is 0. The first-order valence-electron chi connectivity index (χ1n) is 5.60. The normalized spacial score (nSPS) is 12.4. The number of hydrogen-bond donors (Lipinski definition) is 1. The number of benzene rings is 1. The summed E-state index contributed by atoms with van der Waals surface area (Å²) in [4.78, 5) is 4.35. The van der Waals surface area contributed by atoms with Crippen LogP contribution in [0.3, 0.4) is 0 Å². The van der Waals surface area contributed by atoms with Crippen LogP contribution in [0.2, 0.25) is 5.02 Å². The molecular weight excluding hydrogens is 269 g/mol. The van der Waals surface area contributed by atoms with Gasteiger partial charge in [0.15, 0.2) is 0 Å². The number of halogens is 2. The Morgan fingerprint density at radius 2 is 2.11 bits per heavy atom. The van der Waals surface area contributed by atoms with E-state index in [2.05, 4.69) is 4.98 Å². The zero-order chi connectivity index (χ0) is 13.1. The number of alkyl halides is 1. The molecule has 4 heteroatoms. The van der Waals surface area contributed by atoms with Gasteiger partial charge in [0.25, 0.3) is 0 Å². The molecule has 0 spiro atoms. The molecule has 0 aliphatic carbocycles.